The number of thiazole rings is 1. The van der Waals surface area contributed by atoms with Crippen molar-refractivity contribution in [2.45, 2.75) is 13.5 Å². The van der Waals surface area contributed by atoms with Crippen molar-refractivity contribution < 1.29 is 14.3 Å². The molecule has 20 heavy (non-hydrogen) atoms. The lowest BCUT2D eigenvalue weighted by Gasteiger charge is -2.07. The first kappa shape index (κ1) is 14.3. The smallest absolute Gasteiger partial charge is 0.279 e. The van der Waals surface area contributed by atoms with Crippen LogP contribution in [0.4, 0.5) is 0 Å². The molecule has 0 aliphatic heterocycles. The number of carbonyl (C=O) groups excluding carboxylic acids is 1. The highest BCUT2D eigenvalue weighted by molar-refractivity contribution is 7.07. The lowest BCUT2D eigenvalue weighted by Crippen LogP contribution is -2.15. The summed E-state index contributed by atoms with van der Waals surface area (Å²) in [5, 5.41) is 1.91. The molecular formula is C14H16N2O3S. The monoisotopic (exact) mass is 292 g/mol. The number of aromatic nitrogens is 1. The van der Waals surface area contributed by atoms with E-state index in [1.807, 2.05) is 23.1 Å². The van der Waals surface area contributed by atoms with Crippen molar-refractivity contribution in [3.63, 3.8) is 0 Å². The fraction of sp³-hybridized carbons (Fsp3) is 0.286. The first-order chi connectivity index (χ1) is 9.69. The number of rotatable bonds is 4. The average Bonchev–Trinajstić information content (AvgIpc) is 2.93. The van der Waals surface area contributed by atoms with Crippen molar-refractivity contribution >= 4 is 17.2 Å². The minimum atomic E-state index is -0.296. The van der Waals surface area contributed by atoms with Crippen LogP contribution in [0.5, 0.6) is 11.5 Å². The number of hydrogen-bond donors (Lipinski definition) is 0. The van der Waals surface area contributed by atoms with E-state index in [0.29, 0.717) is 21.9 Å². The zero-order chi connectivity index (χ0) is 14.5. The maximum atomic E-state index is 12.2. The summed E-state index contributed by atoms with van der Waals surface area (Å²) in [4.78, 5) is 17.0. The molecule has 1 amide bonds. The number of carbonyl (C=O) groups is 1. The van der Waals surface area contributed by atoms with Crippen LogP contribution < -0.4 is 14.3 Å². The molecule has 0 atom stereocenters. The first-order valence-electron chi connectivity index (χ1n) is 6.14. The summed E-state index contributed by atoms with van der Waals surface area (Å²) in [5.41, 5.74) is 0.471. The molecule has 1 aromatic heterocycles. The number of methoxy groups -OCH3 is 2. The Morgan fingerprint density at radius 3 is 2.70 bits per heavy atom. The van der Waals surface area contributed by atoms with Crippen molar-refractivity contribution in [2.24, 2.45) is 4.99 Å². The van der Waals surface area contributed by atoms with Crippen LogP contribution in [-0.2, 0) is 6.54 Å². The van der Waals surface area contributed by atoms with Gasteiger partial charge in [0.05, 0.1) is 14.2 Å². The minimum Gasteiger partial charge on any atom is -0.493 e. The molecule has 106 valence electrons. The standard InChI is InChI=1S/C14H16N2O3S/c1-4-16-7-8-20-14(16)15-13(17)10-5-6-11(18-2)12(9-10)19-3/h5-9H,4H2,1-3H3. The molecule has 2 rings (SSSR count). The summed E-state index contributed by atoms with van der Waals surface area (Å²) in [6.45, 7) is 2.79. The van der Waals surface area contributed by atoms with Crippen molar-refractivity contribution in [3.05, 3.63) is 40.1 Å². The van der Waals surface area contributed by atoms with Crippen molar-refractivity contribution in [1.29, 1.82) is 0 Å². The van der Waals surface area contributed by atoms with E-state index >= 15 is 0 Å². The van der Waals surface area contributed by atoms with E-state index in [-0.39, 0.29) is 5.91 Å². The molecule has 6 heteroatoms. The quantitative estimate of drug-likeness (QED) is 0.869. The molecule has 0 unspecified atom stereocenters. The first-order valence-corrected chi connectivity index (χ1v) is 7.02. The van der Waals surface area contributed by atoms with E-state index in [1.165, 1.54) is 18.4 Å². The summed E-state index contributed by atoms with van der Waals surface area (Å²) in [6.07, 6.45) is 1.91. The highest BCUT2D eigenvalue weighted by atomic mass is 32.1. The van der Waals surface area contributed by atoms with Gasteiger partial charge in [-0.05, 0) is 25.1 Å². The topological polar surface area (TPSA) is 52.8 Å². The van der Waals surface area contributed by atoms with Gasteiger partial charge in [-0.1, -0.05) is 0 Å². The molecule has 0 saturated heterocycles. The highest BCUT2D eigenvalue weighted by Crippen LogP contribution is 2.27. The van der Waals surface area contributed by atoms with Crippen molar-refractivity contribution in [2.75, 3.05) is 14.2 Å². The molecule has 1 aromatic carbocycles. The van der Waals surface area contributed by atoms with Gasteiger partial charge in [0.25, 0.3) is 5.91 Å². The summed E-state index contributed by atoms with van der Waals surface area (Å²) in [6, 6.07) is 5.01. The summed E-state index contributed by atoms with van der Waals surface area (Å²) >= 11 is 1.43. The number of aryl methyl sites for hydroxylation is 1. The maximum absolute atomic E-state index is 12.2. The number of hydrogen-bond acceptors (Lipinski definition) is 4. The van der Waals surface area contributed by atoms with Gasteiger partial charge < -0.3 is 14.0 Å². The molecule has 5 nitrogen and oxygen atoms in total. The predicted octanol–water partition coefficient (Wildman–Crippen LogP) is 2.33. The second kappa shape index (κ2) is 6.38. The van der Waals surface area contributed by atoms with Gasteiger partial charge in [0.1, 0.15) is 0 Å². The van der Waals surface area contributed by atoms with Crippen LogP contribution in [0.2, 0.25) is 0 Å². The maximum Gasteiger partial charge on any atom is 0.279 e. The Morgan fingerprint density at radius 1 is 1.30 bits per heavy atom. The van der Waals surface area contributed by atoms with Crippen LogP contribution >= 0.6 is 11.3 Å². The summed E-state index contributed by atoms with van der Waals surface area (Å²) in [7, 11) is 3.09. The van der Waals surface area contributed by atoms with E-state index < -0.39 is 0 Å². The van der Waals surface area contributed by atoms with Gasteiger partial charge in [0.2, 0.25) is 0 Å². The molecule has 2 aromatic rings. The van der Waals surface area contributed by atoms with Crippen LogP contribution in [0.25, 0.3) is 0 Å². The van der Waals surface area contributed by atoms with E-state index in [1.54, 1.807) is 25.3 Å². The molecule has 0 fully saturated rings. The minimum absolute atomic E-state index is 0.296. The van der Waals surface area contributed by atoms with Crippen LogP contribution in [-0.4, -0.2) is 24.7 Å². The van der Waals surface area contributed by atoms with E-state index in [4.69, 9.17) is 9.47 Å². The van der Waals surface area contributed by atoms with Gasteiger partial charge in [0, 0.05) is 23.7 Å². The third-order valence-corrected chi connectivity index (χ3v) is 3.62. The fourth-order valence-corrected chi connectivity index (χ4v) is 2.54. The van der Waals surface area contributed by atoms with Crippen molar-refractivity contribution in [3.8, 4) is 11.5 Å². The SMILES string of the molecule is CCn1ccsc1=NC(=O)c1ccc(OC)c(OC)c1. The molecular weight excluding hydrogens is 276 g/mol. The third kappa shape index (κ3) is 2.91. The van der Waals surface area contributed by atoms with Crippen LogP contribution in [0.1, 0.15) is 17.3 Å². The van der Waals surface area contributed by atoms with Crippen LogP contribution in [0.15, 0.2) is 34.8 Å². The summed E-state index contributed by atoms with van der Waals surface area (Å²) < 4.78 is 12.2. The van der Waals surface area contributed by atoms with E-state index in [0.717, 1.165) is 6.54 Å². The second-order valence-corrected chi connectivity index (χ2v) is 4.83. The van der Waals surface area contributed by atoms with E-state index in [2.05, 4.69) is 4.99 Å². The Morgan fingerprint density at radius 2 is 2.05 bits per heavy atom. The normalized spacial score (nSPS) is 11.4. The Balaban J connectivity index is 2.37. The number of amides is 1. The number of benzene rings is 1. The lowest BCUT2D eigenvalue weighted by molar-refractivity contribution is 0.0997. The summed E-state index contributed by atoms with van der Waals surface area (Å²) in [5.74, 6) is 0.808. The van der Waals surface area contributed by atoms with Crippen LogP contribution in [0, 0.1) is 0 Å². The Kier molecular flexibility index (Phi) is 4.57. The van der Waals surface area contributed by atoms with Gasteiger partial charge in [-0.15, -0.1) is 11.3 Å². The van der Waals surface area contributed by atoms with E-state index in [9.17, 15) is 4.79 Å². The van der Waals surface area contributed by atoms with Crippen LogP contribution in [0.3, 0.4) is 0 Å². The molecule has 0 N–H and O–H groups in total. The molecule has 0 bridgehead atoms. The molecule has 0 spiro atoms. The zero-order valence-corrected chi connectivity index (χ0v) is 12.4. The molecule has 0 aliphatic carbocycles. The number of nitrogens with zero attached hydrogens (tertiary/aromatic N) is 2. The van der Waals surface area contributed by atoms with Gasteiger partial charge in [-0.3, -0.25) is 4.79 Å². The second-order valence-electron chi connectivity index (χ2n) is 3.96. The largest absolute Gasteiger partial charge is 0.493 e. The molecule has 0 aliphatic rings. The Labute approximate surface area is 121 Å². The number of ether oxygens (including phenoxy) is 2. The van der Waals surface area contributed by atoms with Crippen molar-refractivity contribution in [1.82, 2.24) is 4.57 Å². The fourth-order valence-electron chi connectivity index (χ4n) is 1.75. The molecule has 1 heterocycles. The van der Waals surface area contributed by atoms with Gasteiger partial charge >= 0.3 is 0 Å². The molecule has 0 radical (unpaired) electrons. The third-order valence-electron chi connectivity index (χ3n) is 2.83. The zero-order valence-electron chi connectivity index (χ0n) is 11.6. The Bertz CT molecular complexity index is 673. The van der Waals surface area contributed by atoms with Gasteiger partial charge in [0.15, 0.2) is 16.3 Å². The predicted molar refractivity (Wildman–Crippen MR) is 77.4 cm³/mol. The average molecular weight is 292 g/mol. The lowest BCUT2D eigenvalue weighted by atomic mass is 10.2. The van der Waals surface area contributed by atoms with Gasteiger partial charge in [-0.2, -0.15) is 4.99 Å². The highest BCUT2D eigenvalue weighted by Gasteiger charge is 2.10. The van der Waals surface area contributed by atoms with Gasteiger partial charge in [-0.25, -0.2) is 0 Å². The Hall–Kier alpha value is -2.08. The molecule has 0 saturated carbocycles.